The highest BCUT2D eigenvalue weighted by molar-refractivity contribution is 5.83. The van der Waals surface area contributed by atoms with E-state index in [0.29, 0.717) is 0 Å². The highest BCUT2D eigenvalue weighted by Crippen LogP contribution is 2.00. The largest absolute Gasteiger partial charge is 0.351 e. The Bertz CT molecular complexity index is 212. The van der Waals surface area contributed by atoms with Gasteiger partial charge >= 0.3 is 0 Å². The maximum Gasteiger partial charge on any atom is 0.239 e. The van der Waals surface area contributed by atoms with Crippen LogP contribution < -0.4 is 16.0 Å². The number of hydrogen-bond donors (Lipinski definition) is 3. The molecule has 0 spiro atoms. The molecule has 2 amide bonds. The molecule has 1 unspecified atom stereocenters. The zero-order valence-corrected chi connectivity index (χ0v) is 8.43. The Morgan fingerprint density at radius 1 is 1.50 bits per heavy atom. The first-order valence-corrected chi connectivity index (χ1v) is 4.93. The quantitative estimate of drug-likeness (QED) is 0.545. The minimum absolute atomic E-state index is 0.0752. The number of rotatable bonds is 3. The Balaban J connectivity index is 2.15. The third kappa shape index (κ3) is 4.23. The molecule has 5 nitrogen and oxygen atoms in total. The molecule has 0 bridgehead atoms. The molecule has 14 heavy (non-hydrogen) atoms. The van der Waals surface area contributed by atoms with E-state index in [1.165, 1.54) is 6.92 Å². The molecule has 3 N–H and O–H groups in total. The molecule has 1 rings (SSSR count). The van der Waals surface area contributed by atoms with Crippen LogP contribution in [0.15, 0.2) is 0 Å². The monoisotopic (exact) mass is 199 g/mol. The van der Waals surface area contributed by atoms with Gasteiger partial charge in [-0.3, -0.25) is 9.59 Å². The number of carbonyl (C=O) groups is 2. The lowest BCUT2D eigenvalue weighted by atomic mass is 10.1. The molecule has 1 atom stereocenters. The van der Waals surface area contributed by atoms with E-state index in [4.69, 9.17) is 0 Å². The van der Waals surface area contributed by atoms with Crippen LogP contribution in [0.3, 0.4) is 0 Å². The van der Waals surface area contributed by atoms with Crippen molar-refractivity contribution in [1.82, 2.24) is 16.0 Å². The molecule has 0 saturated carbocycles. The summed E-state index contributed by atoms with van der Waals surface area (Å²) in [5.74, 6) is -0.296. The average molecular weight is 199 g/mol. The Labute approximate surface area is 83.6 Å². The Morgan fingerprint density at radius 3 is 2.86 bits per heavy atom. The van der Waals surface area contributed by atoms with Gasteiger partial charge in [-0.1, -0.05) is 0 Å². The lowest BCUT2D eigenvalue weighted by Gasteiger charge is -2.23. The maximum atomic E-state index is 11.3. The van der Waals surface area contributed by atoms with Crippen molar-refractivity contribution in [2.75, 3.05) is 19.6 Å². The number of nitrogens with one attached hydrogen (secondary N) is 3. The number of amides is 2. The second kappa shape index (κ2) is 5.59. The normalized spacial score (nSPS) is 21.4. The van der Waals surface area contributed by atoms with Gasteiger partial charge < -0.3 is 16.0 Å². The van der Waals surface area contributed by atoms with Crippen LogP contribution >= 0.6 is 0 Å². The minimum atomic E-state index is -0.179. The van der Waals surface area contributed by atoms with Crippen molar-refractivity contribution < 1.29 is 9.59 Å². The molecule has 1 aliphatic heterocycles. The molecule has 0 aromatic heterocycles. The van der Waals surface area contributed by atoms with Gasteiger partial charge in [0.1, 0.15) is 0 Å². The van der Waals surface area contributed by atoms with Crippen LogP contribution in [-0.4, -0.2) is 37.5 Å². The summed E-state index contributed by atoms with van der Waals surface area (Å²) < 4.78 is 0. The predicted octanol–water partition coefficient (Wildman–Crippen LogP) is -1.01. The van der Waals surface area contributed by atoms with Crippen molar-refractivity contribution in [2.45, 2.75) is 25.8 Å². The van der Waals surface area contributed by atoms with Gasteiger partial charge in [0.05, 0.1) is 6.54 Å². The summed E-state index contributed by atoms with van der Waals surface area (Å²) in [4.78, 5) is 21.8. The predicted molar refractivity (Wildman–Crippen MR) is 52.7 cm³/mol. The van der Waals surface area contributed by atoms with Crippen molar-refractivity contribution in [1.29, 1.82) is 0 Å². The van der Waals surface area contributed by atoms with Crippen molar-refractivity contribution in [3.63, 3.8) is 0 Å². The van der Waals surface area contributed by atoms with Crippen molar-refractivity contribution in [3.8, 4) is 0 Å². The van der Waals surface area contributed by atoms with E-state index in [-0.39, 0.29) is 24.4 Å². The topological polar surface area (TPSA) is 70.2 Å². The maximum absolute atomic E-state index is 11.3. The minimum Gasteiger partial charge on any atom is -0.351 e. The van der Waals surface area contributed by atoms with Crippen LogP contribution in [-0.2, 0) is 9.59 Å². The summed E-state index contributed by atoms with van der Waals surface area (Å²) in [5.41, 5.74) is 0. The standard InChI is InChI=1S/C9H17N3O2/c1-7(13)11-6-9(14)12-8-3-2-4-10-5-8/h8,10H,2-6H2,1H3,(H,11,13)(H,12,14). The van der Waals surface area contributed by atoms with E-state index in [1.54, 1.807) is 0 Å². The van der Waals surface area contributed by atoms with Gasteiger partial charge in [0.2, 0.25) is 11.8 Å². The number of piperidine rings is 1. The summed E-state index contributed by atoms with van der Waals surface area (Å²) in [6.45, 7) is 3.32. The molecule has 1 fully saturated rings. The van der Waals surface area contributed by atoms with Gasteiger partial charge in [0.25, 0.3) is 0 Å². The zero-order valence-electron chi connectivity index (χ0n) is 8.43. The smallest absolute Gasteiger partial charge is 0.239 e. The fourth-order valence-corrected chi connectivity index (χ4v) is 1.46. The summed E-state index contributed by atoms with van der Waals surface area (Å²) in [6.07, 6.45) is 2.10. The molecule has 0 radical (unpaired) electrons. The third-order valence-corrected chi connectivity index (χ3v) is 2.16. The third-order valence-electron chi connectivity index (χ3n) is 2.16. The first-order chi connectivity index (χ1) is 6.68. The van der Waals surface area contributed by atoms with Gasteiger partial charge in [-0.15, -0.1) is 0 Å². The fraction of sp³-hybridized carbons (Fsp3) is 0.778. The van der Waals surface area contributed by atoms with E-state index < -0.39 is 0 Å². The van der Waals surface area contributed by atoms with Crippen LogP contribution in [0.1, 0.15) is 19.8 Å². The number of carbonyl (C=O) groups excluding carboxylic acids is 2. The molecule has 1 saturated heterocycles. The van der Waals surface area contributed by atoms with E-state index in [9.17, 15) is 9.59 Å². The van der Waals surface area contributed by atoms with Crippen LogP contribution in [0, 0.1) is 0 Å². The van der Waals surface area contributed by atoms with Crippen molar-refractivity contribution >= 4 is 11.8 Å². The van der Waals surface area contributed by atoms with Crippen molar-refractivity contribution in [2.24, 2.45) is 0 Å². The molecular formula is C9H17N3O2. The van der Waals surface area contributed by atoms with Gasteiger partial charge in [-0.2, -0.15) is 0 Å². The van der Waals surface area contributed by atoms with Crippen LogP contribution in [0.5, 0.6) is 0 Å². The van der Waals surface area contributed by atoms with Crippen LogP contribution in [0.2, 0.25) is 0 Å². The first kappa shape index (κ1) is 11.0. The fourth-order valence-electron chi connectivity index (χ4n) is 1.46. The second-order valence-electron chi connectivity index (χ2n) is 3.52. The van der Waals surface area contributed by atoms with Gasteiger partial charge in [0.15, 0.2) is 0 Å². The number of hydrogen-bond acceptors (Lipinski definition) is 3. The molecule has 1 heterocycles. The Morgan fingerprint density at radius 2 is 2.29 bits per heavy atom. The molecule has 5 heteroatoms. The summed E-state index contributed by atoms with van der Waals surface area (Å²) in [7, 11) is 0. The Kier molecular flexibility index (Phi) is 4.39. The van der Waals surface area contributed by atoms with Gasteiger partial charge in [-0.05, 0) is 19.4 Å². The lowest BCUT2D eigenvalue weighted by molar-refractivity contribution is -0.125. The zero-order chi connectivity index (χ0) is 10.4. The molecule has 0 aromatic rings. The lowest BCUT2D eigenvalue weighted by Crippen LogP contribution is -2.48. The Hall–Kier alpha value is -1.10. The van der Waals surface area contributed by atoms with E-state index in [0.717, 1.165) is 25.9 Å². The van der Waals surface area contributed by atoms with Crippen molar-refractivity contribution in [3.05, 3.63) is 0 Å². The molecule has 1 aliphatic rings. The second-order valence-corrected chi connectivity index (χ2v) is 3.52. The highest BCUT2D eigenvalue weighted by Gasteiger charge is 2.14. The van der Waals surface area contributed by atoms with Crippen LogP contribution in [0.4, 0.5) is 0 Å². The van der Waals surface area contributed by atoms with E-state index in [2.05, 4.69) is 16.0 Å². The van der Waals surface area contributed by atoms with E-state index in [1.807, 2.05) is 0 Å². The summed E-state index contributed by atoms with van der Waals surface area (Å²) >= 11 is 0. The highest BCUT2D eigenvalue weighted by atomic mass is 16.2. The van der Waals surface area contributed by atoms with Crippen LogP contribution in [0.25, 0.3) is 0 Å². The average Bonchev–Trinajstić information content (AvgIpc) is 2.16. The molecule has 80 valence electrons. The SMILES string of the molecule is CC(=O)NCC(=O)NC1CCCNC1. The molecule has 0 aromatic carbocycles. The summed E-state index contributed by atoms with van der Waals surface area (Å²) in [6, 6.07) is 0.213. The van der Waals surface area contributed by atoms with Gasteiger partial charge in [-0.25, -0.2) is 0 Å². The summed E-state index contributed by atoms with van der Waals surface area (Å²) in [5, 5.41) is 8.52. The molecule has 0 aliphatic carbocycles. The van der Waals surface area contributed by atoms with Gasteiger partial charge in [0, 0.05) is 19.5 Å². The van der Waals surface area contributed by atoms with E-state index >= 15 is 0 Å². The first-order valence-electron chi connectivity index (χ1n) is 4.93. The molecular weight excluding hydrogens is 182 g/mol.